The molecule has 5 rings (SSSR count). The highest BCUT2D eigenvalue weighted by Crippen LogP contribution is 2.39. The summed E-state index contributed by atoms with van der Waals surface area (Å²) in [5.74, 6) is -0.295. The maximum atomic E-state index is 14.3. The summed E-state index contributed by atoms with van der Waals surface area (Å²) in [5.41, 5.74) is 0.368. The van der Waals surface area contributed by atoms with Crippen molar-refractivity contribution in [2.24, 2.45) is 7.05 Å². The van der Waals surface area contributed by atoms with Gasteiger partial charge in [0.2, 0.25) is 11.8 Å². The van der Waals surface area contributed by atoms with Gasteiger partial charge in [0.25, 0.3) is 5.56 Å². The summed E-state index contributed by atoms with van der Waals surface area (Å²) in [4.78, 5) is 45.3. The van der Waals surface area contributed by atoms with Gasteiger partial charge in [0.05, 0.1) is 17.8 Å². The number of aromatic nitrogens is 2. The van der Waals surface area contributed by atoms with E-state index in [0.29, 0.717) is 24.2 Å². The van der Waals surface area contributed by atoms with Gasteiger partial charge in [0.1, 0.15) is 11.2 Å². The molecule has 8 heteroatoms. The first-order chi connectivity index (χ1) is 18.4. The zero-order valence-corrected chi connectivity index (χ0v) is 23.3. The van der Waals surface area contributed by atoms with Crippen LogP contribution in [0.25, 0.3) is 5.69 Å². The molecule has 3 aromatic rings. The van der Waals surface area contributed by atoms with Gasteiger partial charge in [0, 0.05) is 18.0 Å². The van der Waals surface area contributed by atoms with Crippen molar-refractivity contribution >= 4 is 28.8 Å². The monoisotopic (exact) mass is 534 g/mol. The summed E-state index contributed by atoms with van der Waals surface area (Å²) >= 11 is 1.52. The lowest BCUT2D eigenvalue weighted by Crippen LogP contribution is -2.64. The van der Waals surface area contributed by atoms with Crippen LogP contribution in [0, 0.1) is 6.92 Å². The highest BCUT2D eigenvalue weighted by atomic mass is 32.1. The van der Waals surface area contributed by atoms with Crippen LogP contribution in [-0.2, 0) is 23.1 Å². The molecule has 2 aromatic heterocycles. The van der Waals surface area contributed by atoms with Gasteiger partial charge in [-0.15, -0.1) is 11.3 Å². The maximum absolute atomic E-state index is 14.3. The molecule has 0 radical (unpaired) electrons. The third-order valence-corrected chi connectivity index (χ3v) is 9.25. The van der Waals surface area contributed by atoms with Gasteiger partial charge in [-0.25, -0.2) is 4.68 Å². The Hall–Kier alpha value is -3.13. The maximum Gasteiger partial charge on any atom is 0.295 e. The summed E-state index contributed by atoms with van der Waals surface area (Å²) in [6.45, 7) is 1.87. The second-order valence-corrected chi connectivity index (χ2v) is 11.8. The normalized spacial score (nSPS) is 17.7. The van der Waals surface area contributed by atoms with E-state index in [9.17, 15) is 14.4 Å². The Morgan fingerprint density at radius 2 is 1.68 bits per heavy atom. The van der Waals surface area contributed by atoms with Crippen molar-refractivity contribution in [3.63, 3.8) is 0 Å². The molecule has 202 valence electrons. The van der Waals surface area contributed by atoms with E-state index in [1.54, 1.807) is 14.3 Å². The average molecular weight is 535 g/mol. The molecule has 2 aliphatic carbocycles. The first-order valence-electron chi connectivity index (χ1n) is 13.9. The lowest BCUT2D eigenvalue weighted by Gasteiger charge is -2.45. The summed E-state index contributed by atoms with van der Waals surface area (Å²) < 4.78 is 3.40. The molecule has 7 nitrogen and oxygen atoms in total. The van der Waals surface area contributed by atoms with Crippen LogP contribution in [0.5, 0.6) is 0 Å². The minimum Gasteiger partial charge on any atom is -0.351 e. The summed E-state index contributed by atoms with van der Waals surface area (Å²) in [6, 6.07) is 13.5. The van der Waals surface area contributed by atoms with Crippen LogP contribution in [0.4, 0.5) is 5.69 Å². The number of nitrogens with zero attached hydrogens (tertiary/aromatic N) is 3. The van der Waals surface area contributed by atoms with E-state index in [-0.39, 0.29) is 29.8 Å². The quantitative estimate of drug-likeness (QED) is 0.449. The van der Waals surface area contributed by atoms with Crippen molar-refractivity contribution in [2.45, 2.75) is 89.1 Å². The molecule has 0 bridgehead atoms. The highest BCUT2D eigenvalue weighted by molar-refractivity contribution is 7.10. The predicted octanol–water partition coefficient (Wildman–Crippen LogP) is 5.27. The predicted molar refractivity (Wildman–Crippen MR) is 152 cm³/mol. The van der Waals surface area contributed by atoms with Crippen molar-refractivity contribution in [1.29, 1.82) is 0 Å². The van der Waals surface area contributed by atoms with Gasteiger partial charge in [-0.3, -0.25) is 24.0 Å². The standard InChI is InChI=1S/C30H38N4O3S/c1-22-27(28(36)34(32(22)2)24-15-8-4-9-16-24)33(26(35)21-25-17-12-20-38-25)30(18-10-5-11-19-30)29(37)31-23-13-6-3-7-14-23/h4,8-9,12,15-17,20,23H,3,5-7,10-11,13-14,18-19,21H2,1-2H3,(H,31,37). The third-order valence-electron chi connectivity index (χ3n) is 8.37. The molecule has 2 amide bonds. The lowest BCUT2D eigenvalue weighted by atomic mass is 9.78. The van der Waals surface area contributed by atoms with Crippen molar-refractivity contribution in [2.75, 3.05) is 4.90 Å². The van der Waals surface area contributed by atoms with Crippen molar-refractivity contribution < 1.29 is 9.59 Å². The molecule has 0 saturated heterocycles. The molecular weight excluding hydrogens is 496 g/mol. The van der Waals surface area contributed by atoms with Crippen LogP contribution in [0.15, 0.2) is 52.6 Å². The fraction of sp³-hybridized carbons (Fsp3) is 0.500. The molecule has 2 aliphatic rings. The number of thiophene rings is 1. The zero-order valence-electron chi connectivity index (χ0n) is 22.4. The Morgan fingerprint density at radius 3 is 2.34 bits per heavy atom. The SMILES string of the molecule is Cc1c(N(C(=O)Cc2cccs2)C2(C(=O)NC3CCCCC3)CCCCC2)c(=O)n(-c2ccccc2)n1C. The van der Waals surface area contributed by atoms with E-state index in [1.807, 2.05) is 61.8 Å². The molecule has 1 N–H and O–H groups in total. The first-order valence-corrected chi connectivity index (χ1v) is 14.8. The molecule has 38 heavy (non-hydrogen) atoms. The number of benzene rings is 1. The minimum atomic E-state index is -1.08. The number of hydrogen-bond donors (Lipinski definition) is 1. The third kappa shape index (κ3) is 4.98. The second kappa shape index (κ2) is 11.3. The summed E-state index contributed by atoms with van der Waals surface area (Å²) in [5, 5.41) is 5.29. The fourth-order valence-electron chi connectivity index (χ4n) is 6.29. The fourth-order valence-corrected chi connectivity index (χ4v) is 6.98. The Kier molecular flexibility index (Phi) is 7.88. The Balaban J connectivity index is 1.64. The van der Waals surface area contributed by atoms with Crippen LogP contribution in [0.1, 0.15) is 74.8 Å². The molecule has 0 atom stereocenters. The number of nitrogens with one attached hydrogen (secondary N) is 1. The van der Waals surface area contributed by atoms with E-state index in [2.05, 4.69) is 5.32 Å². The van der Waals surface area contributed by atoms with Crippen LogP contribution in [0.3, 0.4) is 0 Å². The number of hydrogen-bond acceptors (Lipinski definition) is 4. The van der Waals surface area contributed by atoms with Crippen LogP contribution < -0.4 is 15.8 Å². The largest absolute Gasteiger partial charge is 0.351 e. The number of para-hydroxylation sites is 1. The molecule has 2 heterocycles. The van der Waals surface area contributed by atoms with Gasteiger partial charge in [-0.2, -0.15) is 0 Å². The van der Waals surface area contributed by atoms with Crippen LogP contribution in [0.2, 0.25) is 0 Å². The molecule has 0 aliphatic heterocycles. The number of rotatable bonds is 7. The Bertz CT molecular complexity index is 1310. The van der Waals surface area contributed by atoms with E-state index in [1.165, 1.54) is 17.8 Å². The summed E-state index contributed by atoms with van der Waals surface area (Å²) in [6.07, 6.45) is 9.35. The molecule has 1 aromatic carbocycles. The van der Waals surface area contributed by atoms with Crippen LogP contribution in [-0.4, -0.2) is 32.8 Å². The second-order valence-electron chi connectivity index (χ2n) is 10.8. The topological polar surface area (TPSA) is 76.3 Å². The molecule has 0 spiro atoms. The number of carbonyl (C=O) groups is 2. The smallest absolute Gasteiger partial charge is 0.295 e. The van der Waals surface area contributed by atoms with E-state index < -0.39 is 5.54 Å². The molecule has 2 saturated carbocycles. The van der Waals surface area contributed by atoms with Gasteiger partial charge in [-0.1, -0.05) is 62.8 Å². The van der Waals surface area contributed by atoms with Gasteiger partial charge < -0.3 is 5.32 Å². The zero-order chi connectivity index (χ0) is 26.7. The first kappa shape index (κ1) is 26.5. The Labute approximate surface area is 228 Å². The summed E-state index contributed by atoms with van der Waals surface area (Å²) in [7, 11) is 1.84. The number of carbonyl (C=O) groups excluding carboxylic acids is 2. The van der Waals surface area contributed by atoms with Crippen molar-refractivity contribution in [3.05, 3.63) is 68.8 Å². The van der Waals surface area contributed by atoms with Gasteiger partial charge in [-0.05, 0) is 56.2 Å². The highest BCUT2D eigenvalue weighted by Gasteiger charge is 2.50. The average Bonchev–Trinajstić information content (AvgIpc) is 3.52. The van der Waals surface area contributed by atoms with Gasteiger partial charge in [0.15, 0.2) is 0 Å². The number of amides is 2. The number of anilines is 1. The minimum absolute atomic E-state index is 0.0995. The Morgan fingerprint density at radius 1 is 1.00 bits per heavy atom. The van der Waals surface area contributed by atoms with E-state index in [0.717, 1.165) is 55.5 Å². The molecule has 2 fully saturated rings. The van der Waals surface area contributed by atoms with E-state index in [4.69, 9.17) is 0 Å². The molecular formula is C30H38N4O3S. The van der Waals surface area contributed by atoms with Crippen LogP contribution >= 0.6 is 11.3 Å². The lowest BCUT2D eigenvalue weighted by molar-refractivity contribution is -0.132. The van der Waals surface area contributed by atoms with Crippen molar-refractivity contribution in [1.82, 2.24) is 14.7 Å². The van der Waals surface area contributed by atoms with E-state index >= 15 is 0 Å². The van der Waals surface area contributed by atoms with Gasteiger partial charge >= 0.3 is 0 Å². The van der Waals surface area contributed by atoms with Crippen molar-refractivity contribution in [3.8, 4) is 5.69 Å². The molecule has 0 unspecified atom stereocenters.